The second kappa shape index (κ2) is 7.24. The molecule has 0 radical (unpaired) electrons. The van der Waals surface area contributed by atoms with Gasteiger partial charge in [0.1, 0.15) is 0 Å². The monoisotopic (exact) mass is 301 g/mol. The largest absolute Gasteiger partial charge is 0.310 e. The van der Waals surface area contributed by atoms with Gasteiger partial charge in [0, 0.05) is 6.04 Å². The van der Waals surface area contributed by atoms with Crippen LogP contribution in [0.3, 0.4) is 0 Å². The summed E-state index contributed by atoms with van der Waals surface area (Å²) in [6, 6.07) is 5.04. The highest BCUT2D eigenvalue weighted by Crippen LogP contribution is 2.28. The number of benzene rings is 1. The van der Waals surface area contributed by atoms with Crippen molar-refractivity contribution in [2.75, 3.05) is 6.54 Å². The van der Waals surface area contributed by atoms with E-state index < -0.39 is 0 Å². The molecule has 0 amide bonds. The molecular weight excluding hydrogens is 274 g/mol. The fraction of sp³-hybridized carbons (Fsp3) is 0.474. The Morgan fingerprint density at radius 3 is 2.19 bits per heavy atom. The molecule has 0 aliphatic rings. The number of nitrogens with one attached hydrogen (secondary N) is 1. The van der Waals surface area contributed by atoms with Crippen LogP contribution in [0.5, 0.6) is 0 Å². The van der Waals surface area contributed by atoms with Crippen LogP contribution in [-0.4, -0.2) is 6.54 Å². The lowest BCUT2D eigenvalue weighted by Crippen LogP contribution is -2.25. The Morgan fingerprint density at radius 1 is 1.00 bits per heavy atom. The standard InChI is InChI=1S/C19H27NS/c1-6-7-20-19(18-12-21-11-16(18)5)10-17-14(3)8-13(2)9-15(17)4/h8-9,11-12,19-20H,6-7,10H2,1-5H3. The van der Waals surface area contributed by atoms with E-state index in [-0.39, 0.29) is 0 Å². The molecule has 2 heteroatoms. The van der Waals surface area contributed by atoms with Crippen molar-refractivity contribution in [1.29, 1.82) is 0 Å². The Bertz CT molecular complexity index is 574. The molecule has 114 valence electrons. The molecule has 1 heterocycles. The smallest absolute Gasteiger partial charge is 0.0371 e. The molecule has 1 N–H and O–H groups in total. The summed E-state index contributed by atoms with van der Waals surface area (Å²) in [7, 11) is 0. The average Bonchev–Trinajstić information content (AvgIpc) is 2.83. The molecule has 1 nitrogen and oxygen atoms in total. The van der Waals surface area contributed by atoms with E-state index in [1.807, 2.05) is 11.3 Å². The van der Waals surface area contributed by atoms with E-state index in [1.165, 1.54) is 39.8 Å². The van der Waals surface area contributed by atoms with E-state index in [0.717, 1.165) is 13.0 Å². The molecule has 1 aromatic carbocycles. The maximum atomic E-state index is 3.74. The van der Waals surface area contributed by atoms with Crippen LogP contribution in [-0.2, 0) is 6.42 Å². The van der Waals surface area contributed by atoms with Crippen LogP contribution in [0, 0.1) is 27.7 Å². The van der Waals surface area contributed by atoms with Gasteiger partial charge in [-0.15, -0.1) is 0 Å². The lowest BCUT2D eigenvalue weighted by Gasteiger charge is -2.22. The number of aryl methyl sites for hydroxylation is 4. The van der Waals surface area contributed by atoms with Crippen molar-refractivity contribution in [2.24, 2.45) is 0 Å². The number of rotatable bonds is 6. The van der Waals surface area contributed by atoms with E-state index in [1.54, 1.807) is 0 Å². The molecular formula is C19H27NS. The van der Waals surface area contributed by atoms with E-state index in [4.69, 9.17) is 0 Å². The Balaban J connectivity index is 2.29. The first-order valence-corrected chi connectivity index (χ1v) is 8.80. The molecule has 0 aliphatic heterocycles. The summed E-state index contributed by atoms with van der Waals surface area (Å²) in [5, 5.41) is 8.30. The van der Waals surface area contributed by atoms with Crippen molar-refractivity contribution in [3.8, 4) is 0 Å². The maximum Gasteiger partial charge on any atom is 0.0371 e. The molecule has 2 rings (SSSR count). The molecule has 0 fully saturated rings. The molecule has 1 atom stereocenters. The molecule has 2 aromatic rings. The fourth-order valence-electron chi connectivity index (χ4n) is 3.07. The summed E-state index contributed by atoms with van der Waals surface area (Å²) in [5.41, 5.74) is 8.58. The minimum atomic E-state index is 0.427. The van der Waals surface area contributed by atoms with E-state index in [9.17, 15) is 0 Å². The molecule has 0 saturated heterocycles. The van der Waals surface area contributed by atoms with Crippen molar-refractivity contribution < 1.29 is 0 Å². The lowest BCUT2D eigenvalue weighted by molar-refractivity contribution is 0.527. The number of hydrogen-bond acceptors (Lipinski definition) is 2. The van der Waals surface area contributed by atoms with Crippen molar-refractivity contribution in [3.05, 3.63) is 56.3 Å². The third-order valence-electron chi connectivity index (χ3n) is 4.16. The normalized spacial score (nSPS) is 12.6. The molecule has 0 spiro atoms. The summed E-state index contributed by atoms with van der Waals surface area (Å²) in [5.74, 6) is 0. The van der Waals surface area contributed by atoms with Crippen LogP contribution in [0.15, 0.2) is 22.9 Å². The minimum absolute atomic E-state index is 0.427. The SMILES string of the molecule is CCCNC(Cc1c(C)cc(C)cc1C)c1cscc1C. The highest BCUT2D eigenvalue weighted by molar-refractivity contribution is 7.08. The van der Waals surface area contributed by atoms with E-state index >= 15 is 0 Å². The number of thiophene rings is 1. The van der Waals surface area contributed by atoms with Crippen LogP contribution < -0.4 is 5.32 Å². The van der Waals surface area contributed by atoms with Crippen LogP contribution in [0.4, 0.5) is 0 Å². The highest BCUT2D eigenvalue weighted by Gasteiger charge is 2.17. The summed E-state index contributed by atoms with van der Waals surface area (Å²) >= 11 is 1.81. The quantitative estimate of drug-likeness (QED) is 0.767. The van der Waals surface area contributed by atoms with E-state index in [2.05, 4.69) is 62.8 Å². The fourth-order valence-corrected chi connectivity index (χ4v) is 3.98. The van der Waals surface area contributed by atoms with Crippen LogP contribution in [0.1, 0.15) is 52.8 Å². The van der Waals surface area contributed by atoms with Gasteiger partial charge in [-0.1, -0.05) is 24.6 Å². The first-order valence-electron chi connectivity index (χ1n) is 7.85. The van der Waals surface area contributed by atoms with Crippen molar-refractivity contribution >= 4 is 11.3 Å². The Labute approximate surface area is 133 Å². The van der Waals surface area contributed by atoms with Gasteiger partial charge in [-0.2, -0.15) is 11.3 Å². The Morgan fingerprint density at radius 2 is 1.67 bits per heavy atom. The highest BCUT2D eigenvalue weighted by atomic mass is 32.1. The predicted molar refractivity (Wildman–Crippen MR) is 94.4 cm³/mol. The third kappa shape index (κ3) is 3.96. The number of hydrogen-bond donors (Lipinski definition) is 1. The lowest BCUT2D eigenvalue weighted by atomic mass is 9.91. The van der Waals surface area contributed by atoms with Gasteiger partial charge >= 0.3 is 0 Å². The van der Waals surface area contributed by atoms with Crippen LogP contribution in [0.25, 0.3) is 0 Å². The maximum absolute atomic E-state index is 3.74. The van der Waals surface area contributed by atoms with Crippen LogP contribution >= 0.6 is 11.3 Å². The average molecular weight is 301 g/mol. The van der Waals surface area contributed by atoms with Crippen molar-refractivity contribution in [3.63, 3.8) is 0 Å². The second-order valence-corrected chi connectivity index (χ2v) is 6.84. The summed E-state index contributed by atoms with van der Waals surface area (Å²) in [6.45, 7) is 12.2. The van der Waals surface area contributed by atoms with Gasteiger partial charge < -0.3 is 5.32 Å². The predicted octanol–water partition coefficient (Wildman–Crippen LogP) is 5.27. The Kier molecular flexibility index (Phi) is 5.60. The van der Waals surface area contributed by atoms with Gasteiger partial charge in [0.25, 0.3) is 0 Å². The molecule has 21 heavy (non-hydrogen) atoms. The van der Waals surface area contributed by atoms with Gasteiger partial charge in [0.15, 0.2) is 0 Å². The van der Waals surface area contributed by atoms with Gasteiger partial charge in [0.2, 0.25) is 0 Å². The van der Waals surface area contributed by atoms with Gasteiger partial charge in [0.05, 0.1) is 0 Å². The zero-order valence-electron chi connectivity index (χ0n) is 13.9. The minimum Gasteiger partial charge on any atom is -0.310 e. The van der Waals surface area contributed by atoms with Gasteiger partial charge in [-0.05, 0) is 85.7 Å². The molecule has 1 aromatic heterocycles. The van der Waals surface area contributed by atoms with Gasteiger partial charge in [-0.3, -0.25) is 0 Å². The third-order valence-corrected chi connectivity index (χ3v) is 5.04. The molecule has 0 bridgehead atoms. The summed E-state index contributed by atoms with van der Waals surface area (Å²) < 4.78 is 0. The van der Waals surface area contributed by atoms with E-state index in [0.29, 0.717) is 6.04 Å². The summed E-state index contributed by atoms with van der Waals surface area (Å²) in [6.07, 6.45) is 2.25. The molecule has 0 aliphatic carbocycles. The second-order valence-electron chi connectivity index (χ2n) is 6.10. The topological polar surface area (TPSA) is 12.0 Å². The summed E-state index contributed by atoms with van der Waals surface area (Å²) in [4.78, 5) is 0. The van der Waals surface area contributed by atoms with Crippen molar-refractivity contribution in [2.45, 2.75) is 53.5 Å². The Hall–Kier alpha value is -1.12. The van der Waals surface area contributed by atoms with Crippen molar-refractivity contribution in [1.82, 2.24) is 5.32 Å². The first-order chi connectivity index (χ1) is 10.0. The zero-order valence-corrected chi connectivity index (χ0v) is 14.7. The van der Waals surface area contributed by atoms with Gasteiger partial charge in [-0.25, -0.2) is 0 Å². The molecule has 1 unspecified atom stereocenters. The zero-order chi connectivity index (χ0) is 15.4. The first kappa shape index (κ1) is 16.3. The molecule has 0 saturated carbocycles. The van der Waals surface area contributed by atoms with Crippen LogP contribution in [0.2, 0.25) is 0 Å².